The first-order valence-corrected chi connectivity index (χ1v) is 7.72. The highest BCUT2D eigenvalue weighted by atomic mass is 19.4. The van der Waals surface area contributed by atoms with Gasteiger partial charge >= 0.3 is 6.18 Å². The van der Waals surface area contributed by atoms with Crippen LogP contribution >= 0.6 is 0 Å². The van der Waals surface area contributed by atoms with Crippen molar-refractivity contribution < 1.29 is 27.4 Å². The summed E-state index contributed by atoms with van der Waals surface area (Å²) in [5.74, 6) is 1.23. The van der Waals surface area contributed by atoms with Gasteiger partial charge in [-0.25, -0.2) is 0 Å². The SMILES string of the molecule is COc1ccc(Oc2ccc(C(F)(F)F)cc2)cc1N1CCCC1=O. The zero-order valence-electron chi connectivity index (χ0n) is 13.5. The third-order valence-corrected chi connectivity index (χ3v) is 3.93. The molecule has 0 radical (unpaired) electrons. The maximum absolute atomic E-state index is 12.6. The van der Waals surface area contributed by atoms with Crippen LogP contribution in [0, 0.1) is 0 Å². The number of halogens is 3. The molecule has 1 amide bonds. The van der Waals surface area contributed by atoms with Crippen LogP contribution in [0.3, 0.4) is 0 Å². The molecule has 3 rings (SSSR count). The van der Waals surface area contributed by atoms with Crippen LogP contribution in [0.2, 0.25) is 0 Å². The first-order valence-electron chi connectivity index (χ1n) is 7.72. The molecule has 1 saturated heterocycles. The van der Waals surface area contributed by atoms with Crippen molar-refractivity contribution in [3.63, 3.8) is 0 Å². The summed E-state index contributed by atoms with van der Waals surface area (Å²) in [6.45, 7) is 0.596. The van der Waals surface area contributed by atoms with Crippen molar-refractivity contribution in [2.45, 2.75) is 19.0 Å². The van der Waals surface area contributed by atoms with Crippen molar-refractivity contribution in [1.29, 1.82) is 0 Å². The largest absolute Gasteiger partial charge is 0.495 e. The van der Waals surface area contributed by atoms with Crippen LogP contribution in [-0.4, -0.2) is 19.6 Å². The molecular formula is C18H16F3NO3. The number of rotatable bonds is 4. The lowest BCUT2D eigenvalue weighted by molar-refractivity contribution is -0.137. The molecule has 4 nitrogen and oxygen atoms in total. The maximum atomic E-state index is 12.6. The summed E-state index contributed by atoms with van der Waals surface area (Å²) >= 11 is 0. The van der Waals surface area contributed by atoms with Gasteiger partial charge < -0.3 is 14.4 Å². The minimum absolute atomic E-state index is 0.00461. The van der Waals surface area contributed by atoms with Crippen LogP contribution in [0.1, 0.15) is 18.4 Å². The fourth-order valence-corrected chi connectivity index (χ4v) is 2.70. The van der Waals surface area contributed by atoms with Crippen LogP contribution < -0.4 is 14.4 Å². The smallest absolute Gasteiger partial charge is 0.416 e. The van der Waals surface area contributed by atoms with Crippen molar-refractivity contribution in [2.24, 2.45) is 0 Å². The number of nitrogens with zero attached hydrogens (tertiary/aromatic N) is 1. The second kappa shape index (κ2) is 6.66. The van der Waals surface area contributed by atoms with Gasteiger partial charge in [0, 0.05) is 19.0 Å². The number of benzene rings is 2. The first kappa shape index (κ1) is 17.1. The summed E-state index contributed by atoms with van der Waals surface area (Å²) in [6.07, 6.45) is -3.14. The van der Waals surface area contributed by atoms with Gasteiger partial charge in [-0.05, 0) is 42.8 Å². The summed E-state index contributed by atoms with van der Waals surface area (Å²) < 4.78 is 48.7. The van der Waals surface area contributed by atoms with Crippen LogP contribution in [-0.2, 0) is 11.0 Å². The van der Waals surface area contributed by atoms with Gasteiger partial charge in [-0.3, -0.25) is 4.79 Å². The zero-order chi connectivity index (χ0) is 18.0. The molecule has 1 fully saturated rings. The quantitative estimate of drug-likeness (QED) is 0.806. The standard InChI is InChI=1S/C18H16F3NO3/c1-24-16-9-8-14(11-15(16)22-10-2-3-17(22)23)25-13-6-4-12(5-7-13)18(19,20)21/h4-9,11H,2-3,10H2,1H3. The molecule has 0 bridgehead atoms. The molecule has 2 aromatic rings. The lowest BCUT2D eigenvalue weighted by Crippen LogP contribution is -2.24. The van der Waals surface area contributed by atoms with E-state index in [0.717, 1.165) is 18.6 Å². The van der Waals surface area contributed by atoms with Crippen molar-refractivity contribution in [3.05, 3.63) is 48.0 Å². The number of amides is 1. The summed E-state index contributed by atoms with van der Waals surface area (Å²) in [6, 6.07) is 9.40. The normalized spacial score (nSPS) is 14.7. The van der Waals surface area contributed by atoms with Gasteiger partial charge in [-0.1, -0.05) is 0 Å². The van der Waals surface area contributed by atoms with Crippen LogP contribution in [0.5, 0.6) is 17.2 Å². The number of hydrogen-bond acceptors (Lipinski definition) is 3. The number of alkyl halides is 3. The predicted molar refractivity (Wildman–Crippen MR) is 86.1 cm³/mol. The molecule has 0 unspecified atom stereocenters. The molecular weight excluding hydrogens is 335 g/mol. The van der Waals surface area contributed by atoms with E-state index in [1.807, 2.05) is 0 Å². The predicted octanol–water partition coefficient (Wildman–Crippen LogP) is 4.63. The van der Waals surface area contributed by atoms with Gasteiger partial charge in [0.15, 0.2) is 0 Å². The molecule has 2 aromatic carbocycles. The molecule has 0 aromatic heterocycles. The number of hydrogen-bond donors (Lipinski definition) is 0. The van der Waals surface area contributed by atoms with Crippen molar-refractivity contribution in [1.82, 2.24) is 0 Å². The molecule has 1 aliphatic rings. The Morgan fingerprint density at radius 3 is 2.28 bits per heavy atom. The Morgan fingerprint density at radius 1 is 1.04 bits per heavy atom. The molecule has 132 valence electrons. The number of carbonyl (C=O) groups is 1. The molecule has 0 saturated carbocycles. The Morgan fingerprint density at radius 2 is 1.72 bits per heavy atom. The molecule has 7 heteroatoms. The molecule has 1 aliphatic heterocycles. The van der Waals surface area contributed by atoms with E-state index in [0.29, 0.717) is 30.2 Å². The van der Waals surface area contributed by atoms with Crippen LogP contribution in [0.15, 0.2) is 42.5 Å². The van der Waals surface area contributed by atoms with E-state index in [-0.39, 0.29) is 11.7 Å². The van der Waals surface area contributed by atoms with Gasteiger partial charge in [0.2, 0.25) is 5.91 Å². The molecule has 0 aliphatic carbocycles. The highest BCUT2D eigenvalue weighted by molar-refractivity contribution is 5.97. The van der Waals surface area contributed by atoms with E-state index in [4.69, 9.17) is 9.47 Å². The lowest BCUT2D eigenvalue weighted by Gasteiger charge is -2.20. The topological polar surface area (TPSA) is 38.8 Å². The zero-order valence-corrected chi connectivity index (χ0v) is 13.5. The molecule has 25 heavy (non-hydrogen) atoms. The Balaban J connectivity index is 1.84. The average molecular weight is 351 g/mol. The van der Waals surface area contributed by atoms with Gasteiger partial charge in [-0.2, -0.15) is 13.2 Å². The average Bonchev–Trinajstić information content (AvgIpc) is 3.00. The van der Waals surface area contributed by atoms with Crippen LogP contribution in [0.4, 0.5) is 18.9 Å². The number of methoxy groups -OCH3 is 1. The van der Waals surface area contributed by atoms with Crippen LogP contribution in [0.25, 0.3) is 0 Å². The van der Waals surface area contributed by atoms with E-state index in [9.17, 15) is 18.0 Å². The van der Waals surface area contributed by atoms with Crippen molar-refractivity contribution in [3.8, 4) is 17.2 Å². The van der Waals surface area contributed by atoms with Gasteiger partial charge in [0.25, 0.3) is 0 Å². The lowest BCUT2D eigenvalue weighted by atomic mass is 10.2. The minimum atomic E-state index is -4.39. The third kappa shape index (κ3) is 3.70. The van der Waals surface area contributed by atoms with Crippen molar-refractivity contribution in [2.75, 3.05) is 18.6 Å². The third-order valence-electron chi connectivity index (χ3n) is 3.93. The molecule has 1 heterocycles. The summed E-state index contributed by atoms with van der Waals surface area (Å²) in [5.41, 5.74) is -0.146. The molecule has 0 spiro atoms. The van der Waals surface area contributed by atoms with E-state index in [1.165, 1.54) is 19.2 Å². The summed E-state index contributed by atoms with van der Waals surface area (Å²) in [4.78, 5) is 13.6. The van der Waals surface area contributed by atoms with E-state index < -0.39 is 11.7 Å². The summed E-state index contributed by atoms with van der Waals surface area (Å²) in [7, 11) is 1.51. The fraction of sp³-hybridized carbons (Fsp3) is 0.278. The minimum Gasteiger partial charge on any atom is -0.495 e. The van der Waals surface area contributed by atoms with E-state index in [1.54, 1.807) is 23.1 Å². The van der Waals surface area contributed by atoms with E-state index >= 15 is 0 Å². The van der Waals surface area contributed by atoms with Gasteiger partial charge in [0.1, 0.15) is 17.2 Å². The van der Waals surface area contributed by atoms with Crippen molar-refractivity contribution >= 4 is 11.6 Å². The number of carbonyl (C=O) groups excluding carboxylic acids is 1. The number of ether oxygens (including phenoxy) is 2. The monoisotopic (exact) mass is 351 g/mol. The highest BCUT2D eigenvalue weighted by Crippen LogP contribution is 2.37. The Bertz CT molecular complexity index is 772. The Hall–Kier alpha value is -2.70. The number of anilines is 1. The first-order chi connectivity index (χ1) is 11.9. The van der Waals surface area contributed by atoms with Gasteiger partial charge in [0.05, 0.1) is 18.4 Å². The van der Waals surface area contributed by atoms with Gasteiger partial charge in [-0.15, -0.1) is 0 Å². The molecule has 0 atom stereocenters. The Kier molecular flexibility index (Phi) is 4.57. The maximum Gasteiger partial charge on any atom is 0.416 e. The summed E-state index contributed by atoms with van der Waals surface area (Å²) in [5, 5.41) is 0. The highest BCUT2D eigenvalue weighted by Gasteiger charge is 2.30. The van der Waals surface area contributed by atoms with E-state index in [2.05, 4.69) is 0 Å². The second-order valence-electron chi connectivity index (χ2n) is 5.61. The Labute approximate surface area is 142 Å². The molecule has 0 N–H and O–H groups in total. The second-order valence-corrected chi connectivity index (χ2v) is 5.61. The fourth-order valence-electron chi connectivity index (χ4n) is 2.70.